The molecule has 0 aliphatic carbocycles. The summed E-state index contributed by atoms with van der Waals surface area (Å²) in [6.07, 6.45) is 0. The number of hydrogen-bond donors (Lipinski definition) is 0. The maximum Gasteiger partial charge on any atom is 0.227 e. The summed E-state index contributed by atoms with van der Waals surface area (Å²) >= 11 is 0. The highest BCUT2D eigenvalue weighted by atomic mass is 16.4. The summed E-state index contributed by atoms with van der Waals surface area (Å²) in [6.45, 7) is 0. The summed E-state index contributed by atoms with van der Waals surface area (Å²) in [7, 11) is 0. The topological polar surface area (TPSA) is 44.1 Å². The van der Waals surface area contributed by atoms with Gasteiger partial charge in [0, 0.05) is 33.0 Å². The first kappa shape index (κ1) is 28.0. The number of fused-ring (bicyclic) bond motifs is 9. The third-order valence-corrected chi connectivity index (χ3v) is 10.2. The molecule has 0 N–H and O–H groups in total. The van der Waals surface area contributed by atoms with Crippen LogP contribution in [-0.4, -0.2) is 9.55 Å². The molecular weight excluding hydrogens is 625 g/mol. The van der Waals surface area contributed by atoms with Crippen LogP contribution in [0.3, 0.4) is 0 Å². The second-order valence-electron chi connectivity index (χ2n) is 13.2. The first-order valence-electron chi connectivity index (χ1n) is 17.2. The molecule has 4 heteroatoms. The Morgan fingerprint density at radius 2 is 1.12 bits per heavy atom. The number of furan rings is 1. The van der Waals surface area contributed by atoms with Gasteiger partial charge in [-0.1, -0.05) is 115 Å². The monoisotopic (exact) mass is 652 g/mol. The highest BCUT2D eigenvalue weighted by Gasteiger charge is 2.21. The van der Waals surface area contributed by atoms with E-state index in [9.17, 15) is 0 Å². The SMILES string of the molecule is c1ccc(-n2c3ccccc3c3ccc(-c4ccc(-c5nc6c(o5)c(-c5ccc7ccccc7c5)cc5oc7ccccc7c56)cc4)cc32)cc1. The van der Waals surface area contributed by atoms with Crippen molar-refractivity contribution in [2.24, 2.45) is 0 Å². The van der Waals surface area contributed by atoms with Gasteiger partial charge >= 0.3 is 0 Å². The number of rotatable bonds is 4. The van der Waals surface area contributed by atoms with Crippen molar-refractivity contribution < 1.29 is 8.83 Å². The Labute approximate surface area is 292 Å². The standard InChI is InChI=1S/C47H28N2O2/c1-2-12-35(13-3-1)49-40-16-8-6-14-36(40)37-25-24-33(27-41(37)49)30-18-21-31(22-19-30)47-48-45-44-38-15-7-9-17-42(38)50-43(44)28-39(46(45)51-47)34-23-20-29-10-4-5-11-32(29)26-34/h1-28H. The Morgan fingerprint density at radius 1 is 0.431 bits per heavy atom. The summed E-state index contributed by atoms with van der Waals surface area (Å²) < 4.78 is 15.5. The highest BCUT2D eigenvalue weighted by Crippen LogP contribution is 2.42. The molecule has 0 unspecified atom stereocenters. The minimum atomic E-state index is 0.580. The molecule has 0 radical (unpaired) electrons. The van der Waals surface area contributed by atoms with E-state index in [1.54, 1.807) is 0 Å². The lowest BCUT2D eigenvalue weighted by Gasteiger charge is -2.09. The Morgan fingerprint density at radius 3 is 2.00 bits per heavy atom. The lowest BCUT2D eigenvalue weighted by atomic mass is 9.99. The molecule has 0 aliphatic rings. The molecule has 8 aromatic carbocycles. The van der Waals surface area contributed by atoms with Gasteiger partial charge in [0.15, 0.2) is 5.58 Å². The predicted molar refractivity (Wildman–Crippen MR) is 209 cm³/mol. The van der Waals surface area contributed by atoms with Gasteiger partial charge in [-0.3, -0.25) is 0 Å². The molecule has 0 amide bonds. The van der Waals surface area contributed by atoms with Gasteiger partial charge in [-0.25, -0.2) is 4.98 Å². The van der Waals surface area contributed by atoms with Gasteiger partial charge in [0.1, 0.15) is 16.7 Å². The first-order chi connectivity index (χ1) is 25.3. The fraction of sp³-hybridized carbons (Fsp3) is 0. The summed E-state index contributed by atoms with van der Waals surface area (Å²) in [5, 5.41) is 6.85. The van der Waals surface area contributed by atoms with Crippen LogP contribution in [0.25, 0.3) is 105 Å². The van der Waals surface area contributed by atoms with Crippen LogP contribution >= 0.6 is 0 Å². The zero-order valence-corrected chi connectivity index (χ0v) is 27.4. The molecule has 0 aliphatic heterocycles. The quantitative estimate of drug-likeness (QED) is 0.190. The Hall–Kier alpha value is -6.91. The lowest BCUT2D eigenvalue weighted by Crippen LogP contribution is -1.93. The van der Waals surface area contributed by atoms with Gasteiger partial charge in [0.05, 0.1) is 16.4 Å². The number of oxazole rings is 1. The second kappa shape index (κ2) is 10.8. The van der Waals surface area contributed by atoms with E-state index in [2.05, 4.69) is 156 Å². The maximum absolute atomic E-state index is 6.72. The van der Waals surface area contributed by atoms with Gasteiger partial charge < -0.3 is 13.4 Å². The van der Waals surface area contributed by atoms with E-state index in [4.69, 9.17) is 13.8 Å². The minimum Gasteiger partial charge on any atom is -0.456 e. The molecule has 51 heavy (non-hydrogen) atoms. The van der Waals surface area contributed by atoms with E-state index in [1.807, 2.05) is 18.2 Å². The molecular formula is C47H28N2O2. The van der Waals surface area contributed by atoms with Gasteiger partial charge in [0.2, 0.25) is 5.89 Å². The van der Waals surface area contributed by atoms with Gasteiger partial charge in [-0.15, -0.1) is 0 Å². The van der Waals surface area contributed by atoms with Crippen LogP contribution in [0.5, 0.6) is 0 Å². The van der Waals surface area contributed by atoms with Crippen LogP contribution in [0.4, 0.5) is 0 Å². The summed E-state index contributed by atoms with van der Waals surface area (Å²) in [5.74, 6) is 0.580. The van der Waals surface area contributed by atoms with Gasteiger partial charge in [0.25, 0.3) is 0 Å². The van der Waals surface area contributed by atoms with Crippen molar-refractivity contribution in [2.75, 3.05) is 0 Å². The van der Waals surface area contributed by atoms with Crippen molar-refractivity contribution in [3.8, 4) is 39.4 Å². The average Bonchev–Trinajstić information content (AvgIpc) is 3.89. The number of nitrogens with zero attached hydrogens (tertiary/aromatic N) is 2. The van der Waals surface area contributed by atoms with E-state index in [-0.39, 0.29) is 0 Å². The molecule has 11 aromatic rings. The molecule has 0 saturated carbocycles. The molecule has 0 bridgehead atoms. The summed E-state index contributed by atoms with van der Waals surface area (Å²) in [6, 6.07) is 59.7. The molecule has 3 aromatic heterocycles. The highest BCUT2D eigenvalue weighted by molar-refractivity contribution is 6.20. The number of aromatic nitrogens is 2. The van der Waals surface area contributed by atoms with Crippen LogP contribution in [0, 0.1) is 0 Å². The fourth-order valence-corrected chi connectivity index (χ4v) is 7.78. The maximum atomic E-state index is 6.72. The number of benzene rings is 8. The molecule has 11 rings (SSSR count). The van der Waals surface area contributed by atoms with E-state index >= 15 is 0 Å². The van der Waals surface area contributed by atoms with Crippen LogP contribution < -0.4 is 0 Å². The number of para-hydroxylation sites is 3. The fourth-order valence-electron chi connectivity index (χ4n) is 7.78. The minimum absolute atomic E-state index is 0.580. The van der Waals surface area contributed by atoms with Crippen molar-refractivity contribution in [1.82, 2.24) is 9.55 Å². The normalized spacial score (nSPS) is 11.9. The Kier molecular flexibility index (Phi) is 5.92. The van der Waals surface area contributed by atoms with E-state index in [0.29, 0.717) is 5.89 Å². The molecule has 0 atom stereocenters. The Bertz CT molecular complexity index is 3130. The molecule has 4 nitrogen and oxygen atoms in total. The molecule has 0 saturated heterocycles. The van der Waals surface area contributed by atoms with Crippen molar-refractivity contribution in [1.29, 1.82) is 0 Å². The van der Waals surface area contributed by atoms with Crippen LogP contribution in [0.2, 0.25) is 0 Å². The Balaban J connectivity index is 1.05. The largest absolute Gasteiger partial charge is 0.456 e. The molecule has 238 valence electrons. The zero-order valence-electron chi connectivity index (χ0n) is 27.4. The number of hydrogen-bond acceptors (Lipinski definition) is 3. The van der Waals surface area contributed by atoms with E-state index in [1.165, 1.54) is 32.6 Å². The first-order valence-corrected chi connectivity index (χ1v) is 17.2. The van der Waals surface area contributed by atoms with Crippen molar-refractivity contribution in [3.05, 3.63) is 170 Å². The lowest BCUT2D eigenvalue weighted by molar-refractivity contribution is 0.620. The van der Waals surface area contributed by atoms with Crippen LogP contribution in [0.1, 0.15) is 0 Å². The molecule has 0 fully saturated rings. The second-order valence-corrected chi connectivity index (χ2v) is 13.2. The van der Waals surface area contributed by atoms with Crippen molar-refractivity contribution >= 4 is 65.6 Å². The third kappa shape index (κ3) is 4.30. The van der Waals surface area contributed by atoms with Crippen LogP contribution in [0.15, 0.2) is 179 Å². The molecule has 3 heterocycles. The smallest absolute Gasteiger partial charge is 0.227 e. The average molecular weight is 653 g/mol. The van der Waals surface area contributed by atoms with Gasteiger partial charge in [-0.05, 0) is 82.1 Å². The zero-order chi connectivity index (χ0) is 33.5. The predicted octanol–water partition coefficient (Wildman–Crippen LogP) is 13.0. The van der Waals surface area contributed by atoms with Gasteiger partial charge in [-0.2, -0.15) is 0 Å². The molecule has 0 spiro atoms. The summed E-state index contributed by atoms with van der Waals surface area (Å²) in [4.78, 5) is 5.16. The van der Waals surface area contributed by atoms with Crippen LogP contribution in [-0.2, 0) is 0 Å². The summed E-state index contributed by atoms with van der Waals surface area (Å²) in [5.41, 5.74) is 11.9. The van der Waals surface area contributed by atoms with Crippen molar-refractivity contribution in [2.45, 2.75) is 0 Å². The third-order valence-electron chi connectivity index (χ3n) is 10.2. The van der Waals surface area contributed by atoms with E-state index in [0.717, 1.165) is 66.5 Å². The van der Waals surface area contributed by atoms with Crippen molar-refractivity contribution in [3.63, 3.8) is 0 Å². The van der Waals surface area contributed by atoms with E-state index < -0.39 is 0 Å².